The Labute approximate surface area is 361 Å². The largest absolute Gasteiger partial charge is 2.00 e. The van der Waals surface area contributed by atoms with Crippen LogP contribution in [0.15, 0.2) is 100 Å². The van der Waals surface area contributed by atoms with Crippen LogP contribution in [0.1, 0.15) is 67.2 Å². The first-order valence-corrected chi connectivity index (χ1v) is 20.4. The summed E-state index contributed by atoms with van der Waals surface area (Å²) in [5.41, 5.74) is 19.0. The van der Waals surface area contributed by atoms with Gasteiger partial charge in [-0.25, -0.2) is 9.98 Å². The number of esters is 1. The maximum atomic E-state index is 14.2. The quantitative estimate of drug-likeness (QED) is 0.0306. The first kappa shape index (κ1) is 47.4. The monoisotopic (exact) mass is 902 g/mol. The van der Waals surface area contributed by atoms with E-state index in [1.807, 2.05) is 39.0 Å². The molecule has 0 unspecified atom stereocenters. The van der Waals surface area contributed by atoms with Gasteiger partial charge in [-0.1, -0.05) is 27.7 Å². The van der Waals surface area contributed by atoms with Gasteiger partial charge in [0.05, 0.1) is 48.6 Å². The van der Waals surface area contributed by atoms with Crippen molar-refractivity contribution in [3.63, 3.8) is 0 Å². The smallest absolute Gasteiger partial charge is 0.875 e. The molecule has 0 radical (unpaired) electrons. The number of methoxy groups -OCH3 is 1. The van der Waals surface area contributed by atoms with Crippen LogP contribution in [0, 0.1) is 23.7 Å². The molecular weight excluding hydrogens is 843 g/mol. The molecule has 5 aliphatic rings. The molecule has 8 bridgehead atoms. The summed E-state index contributed by atoms with van der Waals surface area (Å²) in [6, 6.07) is 0. The third-order valence-electron chi connectivity index (χ3n) is 11.4. The molecule has 4 atom stereocenters. The van der Waals surface area contributed by atoms with Gasteiger partial charge in [0.1, 0.15) is 0 Å². The summed E-state index contributed by atoms with van der Waals surface area (Å²) >= 11 is 0. The zero-order valence-corrected chi connectivity index (χ0v) is 36.9. The van der Waals surface area contributed by atoms with Crippen LogP contribution in [0.3, 0.4) is 0 Å². The zero-order chi connectivity index (χ0) is 42.1. The van der Waals surface area contributed by atoms with Crippen LogP contribution in [-0.2, 0) is 34.7 Å². The predicted octanol–water partition coefficient (Wildman–Crippen LogP) is 1.32. The minimum atomic E-state index is -0.531. The van der Waals surface area contributed by atoms with E-state index in [1.165, 1.54) is 7.11 Å². The van der Waals surface area contributed by atoms with E-state index >= 15 is 0 Å². The summed E-state index contributed by atoms with van der Waals surface area (Å²) in [5, 5.41) is 40.3. The number of carbonyl (C=O) groups excluding carboxylic acids is 2. The van der Waals surface area contributed by atoms with Crippen molar-refractivity contribution in [3.8, 4) is 0 Å². The molecule has 0 aromatic carbocycles. The van der Waals surface area contributed by atoms with Crippen molar-refractivity contribution < 1.29 is 45.0 Å². The van der Waals surface area contributed by atoms with Crippen LogP contribution in [0.2, 0.25) is 0 Å². The Morgan fingerprint density at radius 2 is 1.59 bits per heavy atom. The number of hydrogen-bond acceptors (Lipinski definition) is 14. The van der Waals surface area contributed by atoms with Gasteiger partial charge >= 0.3 is 26.4 Å². The molecule has 15 nitrogen and oxygen atoms in total. The van der Waals surface area contributed by atoms with Gasteiger partial charge in [0, 0.05) is 104 Å². The first-order valence-electron chi connectivity index (χ1n) is 20.4. The average Bonchev–Trinajstić information content (AvgIpc) is 3.88. The Hall–Kier alpha value is -4.30. The Kier molecular flexibility index (Phi) is 17.5. The normalized spacial score (nSPS) is 23.6. The van der Waals surface area contributed by atoms with Gasteiger partial charge in [-0.15, -0.1) is 5.76 Å². The molecule has 1 fully saturated rings. The SMILES string of the molecule is CC[C@H]1C2=CC3=NC(=C(CC(=O)OC)C4=NC(=CC5=C(C)/C(=C(/C)[O-])C(=N5)C=C(N2)[C@@H]1C)[C@@H](C)[C@@H]4CCC(=O)NCCNCCN)C(C([O-])=NCCNCCN)=C3C.[Pd+2]. The molecule has 322 valence electrons. The van der Waals surface area contributed by atoms with Crippen LogP contribution in [0.25, 0.3) is 0 Å². The first-order chi connectivity index (χ1) is 27.8. The second-order valence-electron chi connectivity index (χ2n) is 15.3. The van der Waals surface area contributed by atoms with E-state index in [4.69, 9.17) is 31.2 Å². The van der Waals surface area contributed by atoms with Crippen molar-refractivity contribution in [3.05, 3.63) is 80.3 Å². The molecular formula is C43H60N10O5Pd. The van der Waals surface area contributed by atoms with Gasteiger partial charge in [-0.05, 0) is 67.5 Å². The Morgan fingerprint density at radius 1 is 0.898 bits per heavy atom. The van der Waals surface area contributed by atoms with Gasteiger partial charge in [0.15, 0.2) is 0 Å². The van der Waals surface area contributed by atoms with E-state index in [1.54, 1.807) is 6.92 Å². The van der Waals surface area contributed by atoms with Crippen molar-refractivity contribution in [2.24, 2.45) is 55.1 Å². The van der Waals surface area contributed by atoms with E-state index in [0.717, 1.165) is 23.4 Å². The van der Waals surface area contributed by atoms with Crippen molar-refractivity contribution in [1.82, 2.24) is 21.3 Å². The second kappa shape index (κ2) is 21.8. The van der Waals surface area contributed by atoms with Crippen LogP contribution < -0.4 is 42.9 Å². The number of nitrogens with one attached hydrogen (secondary N) is 4. The number of allylic oxidation sites excluding steroid dienone is 10. The summed E-state index contributed by atoms with van der Waals surface area (Å²) < 4.78 is 5.23. The molecule has 1 saturated heterocycles. The van der Waals surface area contributed by atoms with Crippen LogP contribution >= 0.6 is 0 Å². The number of hydrogen-bond donors (Lipinski definition) is 6. The predicted molar refractivity (Wildman–Crippen MR) is 225 cm³/mol. The average molecular weight is 903 g/mol. The van der Waals surface area contributed by atoms with Crippen molar-refractivity contribution in [2.45, 2.75) is 67.2 Å². The molecule has 5 rings (SSSR count). The molecule has 0 aromatic rings. The van der Waals surface area contributed by atoms with Gasteiger partial charge < -0.3 is 47.7 Å². The molecule has 59 heavy (non-hydrogen) atoms. The fourth-order valence-electron chi connectivity index (χ4n) is 8.20. The Balaban J connectivity index is 0.00000769. The fourth-order valence-corrected chi connectivity index (χ4v) is 8.20. The van der Waals surface area contributed by atoms with Crippen molar-refractivity contribution in [2.75, 3.05) is 59.5 Å². The fraction of sp³-hybridized carbons (Fsp3) is 0.535. The van der Waals surface area contributed by atoms with E-state index in [0.29, 0.717) is 109 Å². The topological polar surface area (TPSA) is 239 Å². The molecule has 5 heterocycles. The molecule has 16 heteroatoms. The minimum Gasteiger partial charge on any atom is -0.875 e. The van der Waals surface area contributed by atoms with E-state index < -0.39 is 11.9 Å². The number of nitrogens with zero attached hydrogens (tertiary/aromatic N) is 4. The number of aliphatic imine (C=N–C) groups is 4. The van der Waals surface area contributed by atoms with E-state index in [9.17, 15) is 19.8 Å². The van der Waals surface area contributed by atoms with Crippen molar-refractivity contribution in [1.29, 1.82) is 0 Å². The van der Waals surface area contributed by atoms with Gasteiger partial charge in [0.2, 0.25) is 5.91 Å². The van der Waals surface area contributed by atoms with Gasteiger partial charge in [0.25, 0.3) is 0 Å². The molecule has 0 aromatic heterocycles. The third-order valence-corrected chi connectivity index (χ3v) is 11.4. The number of ether oxygens (including phenoxy) is 1. The summed E-state index contributed by atoms with van der Waals surface area (Å²) in [6.07, 6.45) is 7.02. The number of rotatable bonds is 17. The summed E-state index contributed by atoms with van der Waals surface area (Å²) in [4.78, 5) is 46.4. The summed E-state index contributed by atoms with van der Waals surface area (Å²) in [5.74, 6) is -1.64. The van der Waals surface area contributed by atoms with E-state index in [2.05, 4.69) is 40.1 Å². The van der Waals surface area contributed by atoms with Crippen LogP contribution in [-0.4, -0.2) is 94.4 Å². The molecule has 0 aliphatic carbocycles. The van der Waals surface area contributed by atoms with Gasteiger partial charge in [-0.3, -0.25) is 19.6 Å². The molecule has 0 spiro atoms. The maximum Gasteiger partial charge on any atom is 2.00 e. The molecule has 8 N–H and O–H groups in total. The van der Waals surface area contributed by atoms with Crippen LogP contribution in [0.5, 0.6) is 0 Å². The molecule has 5 aliphatic heterocycles. The van der Waals surface area contributed by atoms with Crippen molar-refractivity contribution >= 4 is 34.9 Å². The number of nitrogens with two attached hydrogens (primary N) is 2. The van der Waals surface area contributed by atoms with Gasteiger partial charge in [-0.2, -0.15) is 0 Å². The van der Waals surface area contributed by atoms with E-state index in [-0.39, 0.29) is 75.1 Å². The summed E-state index contributed by atoms with van der Waals surface area (Å²) in [6.45, 7) is 15.5. The Morgan fingerprint density at radius 3 is 2.25 bits per heavy atom. The van der Waals surface area contributed by atoms with Crippen LogP contribution in [0.4, 0.5) is 0 Å². The maximum absolute atomic E-state index is 14.2. The second-order valence-corrected chi connectivity index (χ2v) is 15.3. The molecule has 0 saturated carbocycles. The number of amides is 1. The zero-order valence-electron chi connectivity index (χ0n) is 35.3. The third kappa shape index (κ3) is 10.9. The molecule has 1 amide bonds. The Bertz CT molecular complexity index is 2000. The minimum absolute atomic E-state index is 0. The number of fused-ring (bicyclic) bond motifs is 5. The summed E-state index contributed by atoms with van der Waals surface area (Å²) in [7, 11) is 1.32. The standard InChI is InChI=1S/C43H62N10O5.Pd/c1-8-28-23(2)31-22-36-39(27(6)54)25(4)33(51-36)20-32-24(3)29(9-10-37(55)48-17-15-46-13-11-44)41(52-32)30(19-38(56)58-7)42-40(43(57)49-18-16-47-14-12-45)26(5)34(53-42)21-35(28)50-31;/h20-24,28-29,46-47,50,54H,8-19,44-45H2,1-7H3,(H,48,55)(H,49,57);/q;+2/p-2/b31-22?,32-20?,35-21?,39-27+,42-30?;/t23-,24+,28-,29+;/m1./s1. The number of carbonyl (C=O) groups is 2.